The van der Waals surface area contributed by atoms with Gasteiger partial charge in [-0.3, -0.25) is 0 Å². The van der Waals surface area contributed by atoms with Crippen LogP contribution in [0.25, 0.3) is 43.1 Å². The van der Waals surface area contributed by atoms with Gasteiger partial charge in [0.1, 0.15) is 0 Å². The number of fused-ring (bicyclic) bond motifs is 4. The number of hydrogen-bond donors (Lipinski definition) is 2. The molecule has 0 bridgehead atoms. The maximum absolute atomic E-state index is 10.8. The summed E-state index contributed by atoms with van der Waals surface area (Å²) in [7, 11) is 0. The zero-order valence-electron chi connectivity index (χ0n) is 26.9. The van der Waals surface area contributed by atoms with Gasteiger partial charge in [-0.2, -0.15) is 35.0 Å². The molecule has 0 amide bonds. The fraction of sp³-hybridized carbons (Fsp3) is 0.0476. The van der Waals surface area contributed by atoms with Crippen LogP contribution in [-0.4, -0.2) is 28.3 Å². The van der Waals surface area contributed by atoms with Gasteiger partial charge in [-0.05, 0) is 33.7 Å². The molecule has 0 heterocycles. The van der Waals surface area contributed by atoms with Crippen molar-refractivity contribution in [1.82, 2.24) is 0 Å². The molecular formula is C42H36O4SiTi. The summed E-state index contributed by atoms with van der Waals surface area (Å²) in [6.45, 7) is 4.54. The van der Waals surface area contributed by atoms with Crippen LogP contribution in [-0.2, 0) is 19.2 Å². The molecule has 0 atom stereocenters. The van der Waals surface area contributed by atoms with E-state index in [4.69, 9.17) is 10.2 Å². The van der Waals surface area contributed by atoms with Crippen molar-refractivity contribution in [2.75, 3.05) is 0 Å². The van der Waals surface area contributed by atoms with Gasteiger partial charge in [0, 0.05) is 0 Å². The molecule has 4 nitrogen and oxygen atoms in total. The van der Waals surface area contributed by atoms with Gasteiger partial charge in [-0.25, -0.2) is 9.59 Å². The van der Waals surface area contributed by atoms with Crippen molar-refractivity contribution >= 4 is 61.2 Å². The van der Waals surface area contributed by atoms with Gasteiger partial charge in [0.15, 0.2) is 0 Å². The first-order valence-corrected chi connectivity index (χ1v) is 20.2. The second-order valence-electron chi connectivity index (χ2n) is 11.0. The minimum Gasteiger partial charge on any atom is -0.478 e. The number of rotatable bonds is 2. The van der Waals surface area contributed by atoms with E-state index in [-0.39, 0.29) is 6.19 Å². The van der Waals surface area contributed by atoms with Crippen molar-refractivity contribution in [2.24, 2.45) is 0 Å². The molecule has 8 aromatic rings. The fourth-order valence-corrected chi connectivity index (χ4v) is 4.96. The summed E-state index contributed by atoms with van der Waals surface area (Å²) in [5.41, 5.74) is 0.719. The van der Waals surface area contributed by atoms with Crippen molar-refractivity contribution in [2.45, 2.75) is 13.1 Å². The van der Waals surface area contributed by atoms with Crippen LogP contribution in [0, 0.1) is 0 Å². The van der Waals surface area contributed by atoms with Gasteiger partial charge >= 0.3 is 50.4 Å². The van der Waals surface area contributed by atoms with Crippen LogP contribution in [0.5, 0.6) is 0 Å². The summed E-state index contributed by atoms with van der Waals surface area (Å²) in [6, 6.07) is 54.8. The van der Waals surface area contributed by atoms with E-state index >= 15 is 0 Å². The maximum atomic E-state index is 10.8. The van der Waals surface area contributed by atoms with Crippen LogP contribution in [0.1, 0.15) is 20.7 Å². The molecule has 0 aliphatic carbocycles. The van der Waals surface area contributed by atoms with E-state index in [1.54, 1.807) is 24.3 Å². The van der Waals surface area contributed by atoms with Crippen LogP contribution in [0.2, 0.25) is 13.1 Å². The van der Waals surface area contributed by atoms with E-state index in [2.05, 4.69) is 117 Å². The molecule has 0 saturated heterocycles. The Morgan fingerprint density at radius 1 is 0.479 bits per heavy atom. The molecule has 6 heteroatoms. The molecule has 0 spiro atoms. The zero-order valence-corrected chi connectivity index (χ0v) is 29.4. The van der Waals surface area contributed by atoms with Gasteiger partial charge < -0.3 is 10.2 Å². The molecule has 0 aromatic heterocycles. The predicted octanol–water partition coefficient (Wildman–Crippen LogP) is 11.0. The van der Waals surface area contributed by atoms with Gasteiger partial charge in [0.2, 0.25) is 0 Å². The number of hydrogen-bond acceptors (Lipinski definition) is 2. The van der Waals surface area contributed by atoms with Crippen LogP contribution < -0.4 is 0 Å². The molecule has 8 aromatic carbocycles. The summed E-state index contributed by atoms with van der Waals surface area (Å²) in [5, 5.41) is 26.6. The Labute approximate surface area is 292 Å². The van der Waals surface area contributed by atoms with E-state index in [0.717, 1.165) is 21.5 Å². The molecule has 0 aliphatic heterocycles. The number of aromatic carboxylic acids is 2. The maximum Gasteiger partial charge on any atom is 0.336 e. The summed E-state index contributed by atoms with van der Waals surface area (Å²) < 4.78 is 0. The minimum atomic E-state index is -0.878. The number of benzene rings is 6. The second kappa shape index (κ2) is 18.3. The third-order valence-corrected chi connectivity index (χ3v) is 7.14. The smallest absolute Gasteiger partial charge is 0.336 e. The molecule has 0 unspecified atom stereocenters. The molecule has 8 rings (SSSR count). The van der Waals surface area contributed by atoms with Crippen LogP contribution in [0.3, 0.4) is 0 Å². The molecule has 0 aliphatic rings. The third kappa shape index (κ3) is 10.5. The van der Waals surface area contributed by atoms with E-state index < -0.39 is 11.9 Å². The molecule has 0 saturated carbocycles. The van der Waals surface area contributed by atoms with Crippen LogP contribution >= 0.6 is 0 Å². The van der Waals surface area contributed by atoms with Crippen molar-refractivity contribution in [1.29, 1.82) is 0 Å². The topological polar surface area (TPSA) is 74.6 Å². The van der Waals surface area contributed by atoms with Crippen molar-refractivity contribution < 1.29 is 39.0 Å². The summed E-state index contributed by atoms with van der Waals surface area (Å²) in [4.78, 5) is 21.6. The van der Waals surface area contributed by atoms with Crippen molar-refractivity contribution in [3.63, 3.8) is 0 Å². The van der Waals surface area contributed by atoms with Crippen LogP contribution in [0.4, 0.5) is 0 Å². The average Bonchev–Trinajstić information content (AvgIpc) is 3.78. The first kappa shape index (κ1) is 35.8. The Morgan fingerprint density at radius 2 is 0.792 bits per heavy atom. The minimum absolute atomic E-state index is 0.120. The molecule has 2 N–H and O–H groups in total. The number of carboxylic acids is 2. The van der Waals surface area contributed by atoms with Crippen LogP contribution in [0.15, 0.2) is 170 Å². The van der Waals surface area contributed by atoms with Crippen molar-refractivity contribution in [3.05, 3.63) is 181 Å². The number of carbonyl (C=O) groups is 2. The number of carboxylic acid groups (broad SMARTS) is 2. The second-order valence-corrected chi connectivity index (χ2v) is 17.7. The SMILES string of the molecule is C[Si](C)=[Ti+2].O=C(O)c1cccc2ccccc12.O=C(O)c1cccc2ccccc12.c1ccc2[cH-]ccc2c1.c1ccc2[cH-]ccc2c1. The van der Waals surface area contributed by atoms with Gasteiger partial charge in [0.05, 0.1) is 11.1 Å². The van der Waals surface area contributed by atoms with E-state index in [1.165, 1.54) is 21.5 Å². The van der Waals surface area contributed by atoms with Gasteiger partial charge in [-0.15, -0.1) is 59.3 Å². The summed E-state index contributed by atoms with van der Waals surface area (Å²) in [6.07, 6.45) is 0.120. The molecule has 236 valence electrons. The Kier molecular flexibility index (Phi) is 13.7. The predicted molar refractivity (Wildman–Crippen MR) is 198 cm³/mol. The molecular weight excluding hydrogens is 644 g/mol. The van der Waals surface area contributed by atoms with Gasteiger partial charge in [-0.1, -0.05) is 84.9 Å². The standard InChI is InChI=1S/2C11H8O2.2C9H7.C2H6Si.Ti/c2*12-11(13)10-7-3-5-8-4-1-2-6-9(8)10;2*1-2-5-9-7-3-6-8(9)4-1;1-3-2;/h2*1-7H,(H,12,13);2*1-7H;1-2H3;/q;;2*-1;;+2. The fourth-order valence-electron chi connectivity index (χ4n) is 4.96. The molecule has 48 heavy (non-hydrogen) atoms. The first-order valence-electron chi connectivity index (χ1n) is 15.4. The summed E-state index contributed by atoms with van der Waals surface area (Å²) in [5.74, 6) is -1.76. The molecule has 0 radical (unpaired) electrons. The van der Waals surface area contributed by atoms with E-state index in [9.17, 15) is 9.59 Å². The summed E-state index contributed by atoms with van der Waals surface area (Å²) >= 11 is 2.27. The Hall–Kier alpha value is -5.07. The Balaban J connectivity index is 0.000000141. The monoisotopic (exact) mass is 680 g/mol. The third-order valence-electron chi connectivity index (χ3n) is 7.14. The zero-order chi connectivity index (χ0) is 34.3. The van der Waals surface area contributed by atoms with E-state index in [1.807, 2.05) is 60.7 Å². The first-order chi connectivity index (χ1) is 23.2. The average molecular weight is 681 g/mol. The Bertz CT molecular complexity index is 2030. The van der Waals surface area contributed by atoms with Crippen molar-refractivity contribution in [3.8, 4) is 0 Å². The molecule has 0 fully saturated rings. The normalized spacial score (nSPS) is 9.92. The van der Waals surface area contributed by atoms with E-state index in [0.29, 0.717) is 11.1 Å². The Morgan fingerprint density at radius 3 is 1.15 bits per heavy atom. The van der Waals surface area contributed by atoms with Gasteiger partial charge in [0.25, 0.3) is 0 Å². The quantitative estimate of drug-likeness (QED) is 0.141. The largest absolute Gasteiger partial charge is 0.478 e.